The molecule has 2 amide bonds. The van der Waals surface area contributed by atoms with Crippen molar-refractivity contribution in [2.45, 2.75) is 32.2 Å². The van der Waals surface area contributed by atoms with Crippen LogP contribution in [-0.4, -0.2) is 48.9 Å². The van der Waals surface area contributed by atoms with Crippen LogP contribution in [0.25, 0.3) is 0 Å². The SMILES string of the molecule is CCNCC1CCN(C(=O)C(Cc2ccccc2)NC(=O)c2ccco2)CC1. The molecule has 1 aliphatic rings. The molecular formula is C22H29N3O3. The van der Waals surface area contributed by atoms with E-state index in [4.69, 9.17) is 4.42 Å². The lowest BCUT2D eigenvalue weighted by Gasteiger charge is -2.34. The van der Waals surface area contributed by atoms with Gasteiger partial charge in [-0.15, -0.1) is 0 Å². The minimum Gasteiger partial charge on any atom is -0.459 e. The number of rotatable bonds is 8. The molecule has 0 saturated carbocycles. The predicted molar refractivity (Wildman–Crippen MR) is 108 cm³/mol. The third-order valence-electron chi connectivity index (χ3n) is 5.24. The highest BCUT2D eigenvalue weighted by Gasteiger charge is 2.30. The van der Waals surface area contributed by atoms with E-state index in [0.29, 0.717) is 12.3 Å². The number of piperidine rings is 1. The Bertz CT molecular complexity index is 738. The molecular weight excluding hydrogens is 354 g/mol. The third-order valence-corrected chi connectivity index (χ3v) is 5.24. The van der Waals surface area contributed by atoms with Crippen LogP contribution in [0.1, 0.15) is 35.9 Å². The fourth-order valence-electron chi connectivity index (χ4n) is 3.61. The quantitative estimate of drug-likeness (QED) is 0.734. The molecule has 0 radical (unpaired) electrons. The third kappa shape index (κ3) is 5.45. The number of likely N-dealkylation sites (tertiary alicyclic amines) is 1. The van der Waals surface area contributed by atoms with Crippen LogP contribution in [0.2, 0.25) is 0 Å². The summed E-state index contributed by atoms with van der Waals surface area (Å²) in [5, 5.41) is 6.26. The maximum Gasteiger partial charge on any atom is 0.287 e. The molecule has 1 aromatic carbocycles. The van der Waals surface area contributed by atoms with Crippen molar-refractivity contribution in [3.05, 3.63) is 60.1 Å². The zero-order valence-corrected chi connectivity index (χ0v) is 16.4. The van der Waals surface area contributed by atoms with E-state index in [0.717, 1.165) is 44.6 Å². The number of carbonyl (C=O) groups is 2. The van der Waals surface area contributed by atoms with Crippen molar-refractivity contribution < 1.29 is 14.0 Å². The average Bonchev–Trinajstić information content (AvgIpc) is 3.27. The number of hydrogen-bond acceptors (Lipinski definition) is 4. The Morgan fingerprint density at radius 3 is 2.54 bits per heavy atom. The van der Waals surface area contributed by atoms with Gasteiger partial charge in [0.15, 0.2) is 5.76 Å². The van der Waals surface area contributed by atoms with Crippen LogP contribution in [0.3, 0.4) is 0 Å². The first kappa shape index (κ1) is 20.1. The Hall–Kier alpha value is -2.60. The van der Waals surface area contributed by atoms with Gasteiger partial charge in [0.2, 0.25) is 5.91 Å². The van der Waals surface area contributed by atoms with Crippen molar-refractivity contribution in [1.82, 2.24) is 15.5 Å². The molecule has 28 heavy (non-hydrogen) atoms. The van der Waals surface area contributed by atoms with Crippen LogP contribution in [0, 0.1) is 5.92 Å². The van der Waals surface area contributed by atoms with E-state index in [-0.39, 0.29) is 17.6 Å². The Balaban J connectivity index is 1.65. The van der Waals surface area contributed by atoms with Crippen LogP contribution >= 0.6 is 0 Å². The lowest BCUT2D eigenvalue weighted by Crippen LogP contribution is -2.52. The Labute approximate surface area is 166 Å². The summed E-state index contributed by atoms with van der Waals surface area (Å²) in [5.74, 6) is 0.441. The second-order valence-corrected chi connectivity index (χ2v) is 7.27. The number of hydrogen-bond donors (Lipinski definition) is 2. The first-order chi connectivity index (χ1) is 13.7. The molecule has 3 rings (SSSR count). The molecule has 1 aromatic heterocycles. The van der Waals surface area contributed by atoms with Gasteiger partial charge < -0.3 is 20.0 Å². The van der Waals surface area contributed by atoms with Crippen molar-refractivity contribution in [3.8, 4) is 0 Å². The monoisotopic (exact) mass is 383 g/mol. The first-order valence-corrected chi connectivity index (χ1v) is 10.0. The van der Waals surface area contributed by atoms with Crippen LogP contribution < -0.4 is 10.6 Å². The fraction of sp³-hybridized carbons (Fsp3) is 0.455. The summed E-state index contributed by atoms with van der Waals surface area (Å²) in [6.07, 6.45) is 3.90. The van der Waals surface area contributed by atoms with Crippen molar-refractivity contribution in [3.63, 3.8) is 0 Å². The van der Waals surface area contributed by atoms with Gasteiger partial charge >= 0.3 is 0 Å². The molecule has 2 aromatic rings. The van der Waals surface area contributed by atoms with Crippen LogP contribution in [0.5, 0.6) is 0 Å². The highest BCUT2D eigenvalue weighted by atomic mass is 16.3. The number of benzene rings is 1. The fourth-order valence-corrected chi connectivity index (χ4v) is 3.61. The average molecular weight is 383 g/mol. The normalized spacial score (nSPS) is 16.0. The lowest BCUT2D eigenvalue weighted by atomic mass is 9.95. The summed E-state index contributed by atoms with van der Waals surface area (Å²) in [7, 11) is 0. The molecule has 1 unspecified atom stereocenters. The minimum absolute atomic E-state index is 0.0225. The van der Waals surface area contributed by atoms with Crippen LogP contribution in [0.15, 0.2) is 53.1 Å². The van der Waals surface area contributed by atoms with E-state index in [2.05, 4.69) is 17.6 Å². The predicted octanol–water partition coefficient (Wildman–Crippen LogP) is 2.47. The largest absolute Gasteiger partial charge is 0.459 e. The van der Waals surface area contributed by atoms with Gasteiger partial charge in [0, 0.05) is 19.5 Å². The number of amides is 2. The van der Waals surface area contributed by atoms with Gasteiger partial charge in [-0.2, -0.15) is 0 Å². The molecule has 0 spiro atoms. The molecule has 6 heteroatoms. The highest BCUT2D eigenvalue weighted by Crippen LogP contribution is 2.18. The van der Waals surface area contributed by atoms with E-state index < -0.39 is 6.04 Å². The maximum absolute atomic E-state index is 13.2. The molecule has 1 aliphatic heterocycles. The summed E-state index contributed by atoms with van der Waals surface area (Å²) < 4.78 is 5.18. The molecule has 2 heterocycles. The summed E-state index contributed by atoms with van der Waals surface area (Å²) in [4.78, 5) is 27.6. The van der Waals surface area contributed by atoms with Gasteiger partial charge in [-0.1, -0.05) is 37.3 Å². The number of carbonyl (C=O) groups excluding carboxylic acids is 2. The van der Waals surface area contributed by atoms with Gasteiger partial charge in [0.25, 0.3) is 5.91 Å². The van der Waals surface area contributed by atoms with Gasteiger partial charge in [-0.25, -0.2) is 0 Å². The van der Waals surface area contributed by atoms with E-state index in [1.54, 1.807) is 12.1 Å². The van der Waals surface area contributed by atoms with E-state index in [1.807, 2.05) is 35.2 Å². The Morgan fingerprint density at radius 2 is 1.89 bits per heavy atom. The van der Waals surface area contributed by atoms with Crippen LogP contribution in [-0.2, 0) is 11.2 Å². The number of nitrogens with one attached hydrogen (secondary N) is 2. The second-order valence-electron chi connectivity index (χ2n) is 7.27. The molecule has 0 aliphatic carbocycles. The molecule has 150 valence electrons. The van der Waals surface area contributed by atoms with Gasteiger partial charge in [-0.05, 0) is 49.5 Å². The zero-order chi connectivity index (χ0) is 19.8. The number of nitrogens with zero attached hydrogens (tertiary/aromatic N) is 1. The van der Waals surface area contributed by atoms with Gasteiger partial charge in [-0.3, -0.25) is 9.59 Å². The lowest BCUT2D eigenvalue weighted by molar-refractivity contribution is -0.134. The van der Waals surface area contributed by atoms with Crippen molar-refractivity contribution in [1.29, 1.82) is 0 Å². The smallest absolute Gasteiger partial charge is 0.287 e. The van der Waals surface area contributed by atoms with Crippen LogP contribution in [0.4, 0.5) is 0 Å². The number of furan rings is 1. The zero-order valence-electron chi connectivity index (χ0n) is 16.4. The Morgan fingerprint density at radius 1 is 1.14 bits per heavy atom. The van der Waals surface area contributed by atoms with E-state index in [1.165, 1.54) is 6.26 Å². The summed E-state index contributed by atoms with van der Waals surface area (Å²) in [5.41, 5.74) is 1.02. The summed E-state index contributed by atoms with van der Waals surface area (Å²) >= 11 is 0. The molecule has 0 bridgehead atoms. The second kappa shape index (κ2) is 10.1. The summed E-state index contributed by atoms with van der Waals surface area (Å²) in [6.45, 7) is 5.54. The minimum atomic E-state index is -0.606. The van der Waals surface area contributed by atoms with E-state index >= 15 is 0 Å². The molecule has 1 atom stereocenters. The van der Waals surface area contributed by atoms with Gasteiger partial charge in [0.05, 0.1) is 6.26 Å². The Kier molecular flexibility index (Phi) is 7.25. The van der Waals surface area contributed by atoms with E-state index in [9.17, 15) is 9.59 Å². The molecule has 6 nitrogen and oxygen atoms in total. The first-order valence-electron chi connectivity index (χ1n) is 10.0. The van der Waals surface area contributed by atoms with Gasteiger partial charge in [0.1, 0.15) is 6.04 Å². The standard InChI is InChI=1S/C22H29N3O3/c1-2-23-16-18-10-12-25(13-11-18)22(27)19(15-17-7-4-3-5-8-17)24-21(26)20-9-6-14-28-20/h3-9,14,18-19,23H,2,10-13,15-16H2,1H3,(H,24,26). The van der Waals surface area contributed by atoms with Crippen molar-refractivity contribution in [2.24, 2.45) is 5.92 Å². The molecule has 1 fully saturated rings. The summed E-state index contributed by atoms with van der Waals surface area (Å²) in [6, 6.07) is 12.4. The van der Waals surface area contributed by atoms with Crippen molar-refractivity contribution in [2.75, 3.05) is 26.2 Å². The topological polar surface area (TPSA) is 74.6 Å². The van der Waals surface area contributed by atoms with Crippen molar-refractivity contribution >= 4 is 11.8 Å². The maximum atomic E-state index is 13.2. The molecule has 1 saturated heterocycles. The molecule has 2 N–H and O–H groups in total. The highest BCUT2D eigenvalue weighted by molar-refractivity contribution is 5.95.